The van der Waals surface area contributed by atoms with Gasteiger partial charge in [0.15, 0.2) is 5.13 Å². The van der Waals surface area contributed by atoms with Crippen molar-refractivity contribution in [1.29, 1.82) is 0 Å². The molecule has 1 aliphatic rings. The predicted octanol–water partition coefficient (Wildman–Crippen LogP) is 4.28. The van der Waals surface area contributed by atoms with Gasteiger partial charge in [-0.25, -0.2) is 17.8 Å². The van der Waals surface area contributed by atoms with E-state index in [0.717, 1.165) is 40.3 Å². The Balaban J connectivity index is 1.51. The van der Waals surface area contributed by atoms with Crippen molar-refractivity contribution in [1.82, 2.24) is 9.29 Å². The Morgan fingerprint density at radius 3 is 2.60 bits per heavy atom. The van der Waals surface area contributed by atoms with Crippen molar-refractivity contribution in [2.24, 2.45) is 0 Å². The van der Waals surface area contributed by atoms with E-state index in [1.54, 1.807) is 17.5 Å². The number of nitrogens with one attached hydrogen (secondary N) is 1. The number of nitrogens with zero attached hydrogens (tertiary/aromatic N) is 2. The Morgan fingerprint density at radius 1 is 1.20 bits per heavy atom. The molecule has 0 atom stereocenters. The van der Waals surface area contributed by atoms with Crippen molar-refractivity contribution in [2.75, 3.05) is 18.4 Å². The van der Waals surface area contributed by atoms with Crippen LogP contribution in [-0.2, 0) is 16.4 Å². The first-order valence-corrected chi connectivity index (χ1v) is 12.6. The summed E-state index contributed by atoms with van der Waals surface area (Å²) in [5.74, 6) is -0.770. The molecule has 2 aromatic heterocycles. The molecule has 3 heterocycles. The van der Waals surface area contributed by atoms with Crippen molar-refractivity contribution in [2.45, 2.75) is 31.1 Å². The zero-order valence-electron chi connectivity index (χ0n) is 16.2. The Kier molecular flexibility index (Phi) is 6.01. The number of thiazole rings is 1. The van der Waals surface area contributed by atoms with Gasteiger partial charge in [-0.05, 0) is 48.9 Å². The lowest BCUT2D eigenvalue weighted by atomic mass is 10.1. The summed E-state index contributed by atoms with van der Waals surface area (Å²) in [6.07, 6.45) is 2.24. The average Bonchev–Trinajstić information content (AvgIpc) is 3.45. The first kappa shape index (κ1) is 21.1. The molecular weight excluding hydrogens is 445 g/mol. The quantitative estimate of drug-likeness (QED) is 0.589. The third-order valence-corrected chi connectivity index (χ3v) is 8.97. The molecule has 6 nitrogen and oxygen atoms in total. The molecule has 10 heteroatoms. The van der Waals surface area contributed by atoms with E-state index in [1.807, 2.05) is 6.92 Å². The van der Waals surface area contributed by atoms with Gasteiger partial charge in [0.1, 0.15) is 15.6 Å². The SMILES string of the molecule is Cc1nc(NC(=O)c2sccc2S(=O)(=O)N2CCCC2)sc1Cc1ccc(F)cc1. The number of hydrogen-bond donors (Lipinski definition) is 1. The number of amides is 1. The van der Waals surface area contributed by atoms with Crippen LogP contribution in [0.5, 0.6) is 0 Å². The zero-order valence-corrected chi connectivity index (χ0v) is 18.7. The Morgan fingerprint density at radius 2 is 1.90 bits per heavy atom. The van der Waals surface area contributed by atoms with Crippen LogP contribution in [0.3, 0.4) is 0 Å². The third-order valence-electron chi connectivity index (χ3n) is 4.91. The lowest BCUT2D eigenvalue weighted by molar-refractivity contribution is 0.102. The number of thiophene rings is 1. The molecule has 0 radical (unpaired) electrons. The molecule has 1 fully saturated rings. The molecule has 1 saturated heterocycles. The van der Waals surface area contributed by atoms with Crippen molar-refractivity contribution >= 4 is 43.7 Å². The number of halogens is 1. The summed E-state index contributed by atoms with van der Waals surface area (Å²) in [4.78, 5) is 18.4. The molecule has 1 N–H and O–H groups in total. The normalized spacial score (nSPS) is 14.9. The van der Waals surface area contributed by atoms with Crippen LogP contribution in [0.25, 0.3) is 0 Å². The van der Waals surface area contributed by atoms with Gasteiger partial charge in [0.05, 0.1) is 5.69 Å². The Bertz CT molecular complexity index is 1160. The van der Waals surface area contributed by atoms with Crippen LogP contribution in [0.1, 0.15) is 38.6 Å². The van der Waals surface area contributed by atoms with Gasteiger partial charge in [-0.1, -0.05) is 12.1 Å². The number of benzene rings is 1. The summed E-state index contributed by atoms with van der Waals surface area (Å²) in [5.41, 5.74) is 1.72. The molecule has 3 aromatic rings. The van der Waals surface area contributed by atoms with Gasteiger partial charge in [-0.2, -0.15) is 4.31 Å². The van der Waals surface area contributed by atoms with Crippen molar-refractivity contribution in [3.05, 3.63) is 62.5 Å². The van der Waals surface area contributed by atoms with Crippen LogP contribution < -0.4 is 5.32 Å². The topological polar surface area (TPSA) is 79.4 Å². The highest BCUT2D eigenvalue weighted by atomic mass is 32.2. The van der Waals surface area contributed by atoms with Crippen LogP contribution in [-0.4, -0.2) is 36.7 Å². The fourth-order valence-electron chi connectivity index (χ4n) is 3.32. The van der Waals surface area contributed by atoms with Gasteiger partial charge < -0.3 is 0 Å². The zero-order chi connectivity index (χ0) is 21.3. The van der Waals surface area contributed by atoms with Gasteiger partial charge in [0.25, 0.3) is 5.91 Å². The van der Waals surface area contributed by atoms with E-state index in [1.165, 1.54) is 33.8 Å². The molecule has 0 spiro atoms. The minimum absolute atomic E-state index is 0.0479. The highest BCUT2D eigenvalue weighted by Crippen LogP contribution is 2.30. The number of aromatic nitrogens is 1. The number of carbonyl (C=O) groups is 1. The number of hydrogen-bond acceptors (Lipinski definition) is 6. The first-order chi connectivity index (χ1) is 14.3. The molecule has 0 bridgehead atoms. The first-order valence-electron chi connectivity index (χ1n) is 9.44. The smallest absolute Gasteiger partial charge is 0.268 e. The molecule has 0 aliphatic carbocycles. The lowest BCUT2D eigenvalue weighted by Crippen LogP contribution is -2.29. The summed E-state index contributed by atoms with van der Waals surface area (Å²) >= 11 is 2.43. The minimum Gasteiger partial charge on any atom is -0.297 e. The van der Waals surface area contributed by atoms with Crippen molar-refractivity contribution < 1.29 is 17.6 Å². The van der Waals surface area contributed by atoms with E-state index in [2.05, 4.69) is 10.3 Å². The largest absolute Gasteiger partial charge is 0.297 e. The van der Waals surface area contributed by atoms with Gasteiger partial charge in [0, 0.05) is 24.4 Å². The van der Waals surface area contributed by atoms with Gasteiger partial charge in [0.2, 0.25) is 10.0 Å². The van der Waals surface area contributed by atoms with Crippen molar-refractivity contribution in [3.8, 4) is 0 Å². The summed E-state index contributed by atoms with van der Waals surface area (Å²) < 4.78 is 40.3. The van der Waals surface area contributed by atoms with E-state index < -0.39 is 15.9 Å². The fourth-order valence-corrected chi connectivity index (χ4v) is 7.13. The second-order valence-corrected chi connectivity index (χ2v) is 10.9. The monoisotopic (exact) mass is 465 g/mol. The summed E-state index contributed by atoms with van der Waals surface area (Å²) in [6, 6.07) is 7.74. The molecule has 0 unspecified atom stereocenters. The molecule has 1 amide bonds. The third kappa shape index (κ3) is 4.31. The number of anilines is 1. The van der Waals surface area contributed by atoms with E-state index >= 15 is 0 Å². The second kappa shape index (κ2) is 8.54. The van der Waals surface area contributed by atoms with Gasteiger partial charge >= 0.3 is 0 Å². The molecule has 0 saturated carbocycles. The van der Waals surface area contributed by atoms with E-state index in [0.29, 0.717) is 24.6 Å². The number of carbonyl (C=O) groups excluding carboxylic acids is 1. The highest BCUT2D eigenvalue weighted by Gasteiger charge is 2.32. The van der Waals surface area contributed by atoms with Crippen LogP contribution in [0.4, 0.5) is 9.52 Å². The molecule has 4 rings (SSSR count). The number of sulfonamides is 1. The lowest BCUT2D eigenvalue weighted by Gasteiger charge is -2.15. The van der Waals surface area contributed by atoms with Gasteiger partial charge in [-0.3, -0.25) is 10.1 Å². The molecular formula is C20H20FN3O3S3. The van der Waals surface area contributed by atoms with Crippen LogP contribution in [0, 0.1) is 12.7 Å². The van der Waals surface area contributed by atoms with Gasteiger partial charge in [-0.15, -0.1) is 22.7 Å². The standard InChI is InChI=1S/C20H20FN3O3S3/c1-13-16(12-14-4-6-15(21)7-5-14)29-20(22-13)23-19(25)18-17(8-11-28-18)30(26,27)24-9-2-3-10-24/h4-8,11H,2-3,9-10,12H2,1H3,(H,22,23,25). The number of aryl methyl sites for hydroxylation is 1. The highest BCUT2D eigenvalue weighted by molar-refractivity contribution is 7.89. The summed E-state index contributed by atoms with van der Waals surface area (Å²) in [5, 5.41) is 4.77. The summed E-state index contributed by atoms with van der Waals surface area (Å²) in [6.45, 7) is 2.81. The van der Waals surface area contributed by atoms with E-state index in [-0.39, 0.29) is 15.6 Å². The number of rotatable bonds is 6. The molecule has 30 heavy (non-hydrogen) atoms. The maximum Gasteiger partial charge on any atom is 0.268 e. The fraction of sp³-hybridized carbons (Fsp3) is 0.300. The van der Waals surface area contributed by atoms with Crippen molar-refractivity contribution in [3.63, 3.8) is 0 Å². The summed E-state index contributed by atoms with van der Waals surface area (Å²) in [7, 11) is -3.68. The maximum absolute atomic E-state index is 13.1. The Labute approximate surface area is 182 Å². The van der Waals surface area contributed by atoms with Crippen LogP contribution in [0.15, 0.2) is 40.6 Å². The van der Waals surface area contributed by atoms with Crippen LogP contribution in [0.2, 0.25) is 0 Å². The molecule has 1 aliphatic heterocycles. The predicted molar refractivity (Wildman–Crippen MR) is 116 cm³/mol. The molecule has 158 valence electrons. The molecule has 1 aromatic carbocycles. The van der Waals surface area contributed by atoms with Crippen LogP contribution >= 0.6 is 22.7 Å². The van der Waals surface area contributed by atoms with E-state index in [9.17, 15) is 17.6 Å². The second-order valence-electron chi connectivity index (χ2n) is 7.01. The average molecular weight is 466 g/mol. The minimum atomic E-state index is -3.68. The van der Waals surface area contributed by atoms with E-state index in [4.69, 9.17) is 0 Å². The maximum atomic E-state index is 13.1. The Hall–Kier alpha value is -2.14.